The Balaban J connectivity index is 1.21. The van der Waals surface area contributed by atoms with Gasteiger partial charge < -0.3 is 19.7 Å². The molecule has 1 saturated heterocycles. The number of nitrogens with zero attached hydrogens (tertiary/aromatic N) is 5. The molecular weight excluding hydrogens is 484 g/mol. The first-order valence-electron chi connectivity index (χ1n) is 12.2. The van der Waals surface area contributed by atoms with Crippen molar-refractivity contribution in [1.29, 1.82) is 0 Å². The Morgan fingerprint density at radius 1 is 1.00 bits per heavy atom. The summed E-state index contributed by atoms with van der Waals surface area (Å²) in [6.45, 7) is 6.29. The van der Waals surface area contributed by atoms with E-state index >= 15 is 0 Å². The monoisotopic (exact) mass is 512 g/mol. The van der Waals surface area contributed by atoms with E-state index in [4.69, 9.17) is 9.47 Å². The highest BCUT2D eigenvalue weighted by molar-refractivity contribution is 6.03. The van der Waals surface area contributed by atoms with E-state index in [2.05, 4.69) is 20.4 Å². The van der Waals surface area contributed by atoms with Gasteiger partial charge in [0.25, 0.3) is 0 Å². The van der Waals surface area contributed by atoms with Crippen LogP contribution in [0, 0.1) is 26.7 Å². The minimum absolute atomic E-state index is 0.0843. The molecule has 2 aromatic heterocycles. The van der Waals surface area contributed by atoms with Crippen LogP contribution >= 0.6 is 0 Å². The van der Waals surface area contributed by atoms with Crippen molar-refractivity contribution in [3.05, 3.63) is 77.9 Å². The van der Waals surface area contributed by atoms with Crippen LogP contribution in [-0.4, -0.2) is 45.2 Å². The number of benzene rings is 2. The topological polar surface area (TPSA) is 111 Å². The van der Waals surface area contributed by atoms with Crippen molar-refractivity contribution in [2.45, 2.75) is 27.2 Å². The number of methoxy groups -OCH3 is 1. The molecule has 1 fully saturated rings. The maximum atomic E-state index is 12.9. The number of hydrogen-bond acceptors (Lipinski definition) is 7. The summed E-state index contributed by atoms with van der Waals surface area (Å²) >= 11 is 0. The van der Waals surface area contributed by atoms with E-state index in [0.29, 0.717) is 35.4 Å². The number of amides is 2. The van der Waals surface area contributed by atoms with Gasteiger partial charge >= 0.3 is 0 Å². The van der Waals surface area contributed by atoms with Crippen LogP contribution in [0.5, 0.6) is 17.4 Å². The molecule has 1 N–H and O–H groups in total. The van der Waals surface area contributed by atoms with Gasteiger partial charge in [-0.1, -0.05) is 0 Å². The van der Waals surface area contributed by atoms with Crippen LogP contribution in [0.2, 0.25) is 0 Å². The number of carbonyl (C=O) groups excluding carboxylic acids is 2. The molecule has 10 nitrogen and oxygen atoms in total. The third-order valence-electron chi connectivity index (χ3n) is 6.72. The molecule has 1 atom stereocenters. The van der Waals surface area contributed by atoms with Gasteiger partial charge in [-0.3, -0.25) is 9.59 Å². The lowest BCUT2D eigenvalue weighted by molar-refractivity contribution is -0.122. The smallest absolute Gasteiger partial charge is 0.229 e. The van der Waals surface area contributed by atoms with Crippen molar-refractivity contribution >= 4 is 23.2 Å². The van der Waals surface area contributed by atoms with Crippen LogP contribution in [0.4, 0.5) is 11.4 Å². The predicted molar refractivity (Wildman–Crippen MR) is 142 cm³/mol. The molecule has 0 saturated carbocycles. The number of anilines is 2. The van der Waals surface area contributed by atoms with Gasteiger partial charge in [0.15, 0.2) is 5.82 Å². The summed E-state index contributed by atoms with van der Waals surface area (Å²) in [6.07, 6.45) is 1.59. The fraction of sp³-hybridized carbons (Fsp3) is 0.250. The summed E-state index contributed by atoms with van der Waals surface area (Å²) in [5, 5.41) is 7.43. The SMILES string of the molecule is COc1ccc(N2CC(C(=O)Nc3ccc(Oc4cc(-n5nc(C)c(C)c5C)ncn4)cc3)CC2=O)cc1. The molecule has 1 unspecified atom stereocenters. The molecule has 194 valence electrons. The average Bonchev–Trinajstić information content (AvgIpc) is 3.45. The van der Waals surface area contributed by atoms with Gasteiger partial charge in [-0.15, -0.1) is 0 Å². The lowest BCUT2D eigenvalue weighted by atomic mass is 10.1. The van der Waals surface area contributed by atoms with Crippen LogP contribution in [0.15, 0.2) is 60.9 Å². The van der Waals surface area contributed by atoms with Crippen molar-refractivity contribution in [2.75, 3.05) is 23.9 Å². The van der Waals surface area contributed by atoms with Gasteiger partial charge in [0.2, 0.25) is 17.7 Å². The minimum atomic E-state index is -0.446. The first kappa shape index (κ1) is 24.9. The van der Waals surface area contributed by atoms with Crippen LogP contribution < -0.4 is 19.7 Å². The molecule has 10 heteroatoms. The number of nitrogens with one attached hydrogen (secondary N) is 1. The number of ether oxygens (including phenoxy) is 2. The van der Waals surface area contributed by atoms with E-state index in [9.17, 15) is 9.59 Å². The average molecular weight is 513 g/mol. The number of aromatic nitrogens is 4. The second-order valence-corrected chi connectivity index (χ2v) is 9.14. The quantitative estimate of drug-likeness (QED) is 0.391. The molecule has 0 radical (unpaired) electrons. The molecule has 1 aliphatic rings. The number of rotatable bonds is 7. The minimum Gasteiger partial charge on any atom is -0.497 e. The molecule has 0 aliphatic carbocycles. The fourth-order valence-corrected chi connectivity index (χ4v) is 4.31. The van der Waals surface area contributed by atoms with Gasteiger partial charge in [-0.05, 0) is 74.9 Å². The lowest BCUT2D eigenvalue weighted by Gasteiger charge is -2.17. The van der Waals surface area contributed by atoms with Crippen molar-refractivity contribution < 1.29 is 19.1 Å². The first-order valence-corrected chi connectivity index (χ1v) is 12.2. The van der Waals surface area contributed by atoms with Gasteiger partial charge in [0.05, 0.1) is 18.7 Å². The fourth-order valence-electron chi connectivity index (χ4n) is 4.31. The highest BCUT2D eigenvalue weighted by Crippen LogP contribution is 2.28. The molecule has 0 bridgehead atoms. The highest BCUT2D eigenvalue weighted by Gasteiger charge is 2.35. The Morgan fingerprint density at radius 3 is 2.37 bits per heavy atom. The van der Waals surface area contributed by atoms with Crippen molar-refractivity contribution in [3.63, 3.8) is 0 Å². The van der Waals surface area contributed by atoms with Crippen molar-refractivity contribution in [2.24, 2.45) is 5.92 Å². The zero-order valence-electron chi connectivity index (χ0n) is 21.6. The summed E-state index contributed by atoms with van der Waals surface area (Å²) < 4.78 is 12.8. The first-order chi connectivity index (χ1) is 18.3. The van der Waals surface area contributed by atoms with Crippen LogP contribution in [0.1, 0.15) is 23.4 Å². The van der Waals surface area contributed by atoms with Gasteiger partial charge in [0, 0.05) is 36.1 Å². The van der Waals surface area contributed by atoms with E-state index in [-0.39, 0.29) is 18.2 Å². The Bertz CT molecular complexity index is 1480. The number of carbonyl (C=O) groups is 2. The van der Waals surface area contributed by atoms with Crippen LogP contribution in [0.25, 0.3) is 5.82 Å². The van der Waals surface area contributed by atoms with Gasteiger partial charge in [-0.25, -0.2) is 14.6 Å². The predicted octanol–water partition coefficient (Wildman–Crippen LogP) is 4.38. The van der Waals surface area contributed by atoms with E-state index in [0.717, 1.165) is 22.6 Å². The molecule has 2 amide bonds. The standard InChI is InChI=1S/C28H28N6O4/c1-17-18(2)32-34(19(17)3)25-14-26(30-16-29-25)38-24-9-5-21(6-10-24)31-28(36)20-13-27(35)33(15-20)22-7-11-23(37-4)12-8-22/h5-12,14,16,20H,13,15H2,1-4H3,(H,31,36). The molecule has 4 aromatic rings. The molecule has 5 rings (SSSR count). The van der Waals surface area contributed by atoms with E-state index in [1.54, 1.807) is 59.2 Å². The Kier molecular flexibility index (Phi) is 6.78. The second-order valence-electron chi connectivity index (χ2n) is 9.14. The normalized spacial score (nSPS) is 15.0. The zero-order valence-corrected chi connectivity index (χ0v) is 21.6. The van der Waals surface area contributed by atoms with Gasteiger partial charge in [0.1, 0.15) is 17.8 Å². The number of hydrogen-bond donors (Lipinski definition) is 1. The Morgan fingerprint density at radius 2 is 1.71 bits per heavy atom. The largest absolute Gasteiger partial charge is 0.497 e. The Labute approximate surface area is 220 Å². The van der Waals surface area contributed by atoms with Crippen molar-refractivity contribution in [1.82, 2.24) is 19.7 Å². The number of aryl methyl sites for hydroxylation is 1. The lowest BCUT2D eigenvalue weighted by Crippen LogP contribution is -2.28. The highest BCUT2D eigenvalue weighted by atomic mass is 16.5. The second kappa shape index (κ2) is 10.3. The molecule has 1 aliphatic heterocycles. The summed E-state index contributed by atoms with van der Waals surface area (Å²) in [7, 11) is 1.59. The molecular formula is C28H28N6O4. The Hall–Kier alpha value is -4.73. The van der Waals surface area contributed by atoms with E-state index in [1.807, 2.05) is 32.9 Å². The third kappa shape index (κ3) is 5.06. The van der Waals surface area contributed by atoms with E-state index in [1.165, 1.54) is 6.33 Å². The summed E-state index contributed by atoms with van der Waals surface area (Å²) in [6, 6.07) is 15.9. The molecule has 2 aromatic carbocycles. The summed E-state index contributed by atoms with van der Waals surface area (Å²) in [5.74, 6) is 1.52. The molecule has 0 spiro atoms. The maximum Gasteiger partial charge on any atom is 0.229 e. The van der Waals surface area contributed by atoms with E-state index < -0.39 is 5.92 Å². The van der Waals surface area contributed by atoms with Crippen LogP contribution in [-0.2, 0) is 9.59 Å². The zero-order chi connectivity index (χ0) is 26.8. The van der Waals surface area contributed by atoms with Gasteiger partial charge in [-0.2, -0.15) is 5.10 Å². The summed E-state index contributed by atoms with van der Waals surface area (Å²) in [4.78, 5) is 35.6. The van der Waals surface area contributed by atoms with Crippen molar-refractivity contribution in [3.8, 4) is 23.2 Å². The third-order valence-corrected chi connectivity index (χ3v) is 6.72. The molecule has 3 heterocycles. The van der Waals surface area contributed by atoms with Crippen LogP contribution in [0.3, 0.4) is 0 Å². The molecule has 38 heavy (non-hydrogen) atoms. The maximum absolute atomic E-state index is 12.9. The summed E-state index contributed by atoms with van der Waals surface area (Å²) in [5.41, 5.74) is 4.41.